The molecule has 1 atom stereocenters. The zero-order valence-corrected chi connectivity index (χ0v) is 23.7. The van der Waals surface area contributed by atoms with E-state index < -0.39 is 12.0 Å². The summed E-state index contributed by atoms with van der Waals surface area (Å²) in [5.74, 6) is -0.0868. The molecule has 5 rings (SSSR count). The number of ether oxygens (including phenoxy) is 3. The molecule has 1 N–H and O–H groups in total. The average molecular weight is 556 g/mol. The Kier molecular flexibility index (Phi) is 9.33. The predicted octanol–water partition coefficient (Wildman–Crippen LogP) is 4.38. The standard InChI is InChI=1S/C33H37N3O5/c1-24-30(32(37)34-28(33(38)39-2)22-25-10-5-3-6-11-25)27-14-9-15-29(41-23-26-12-7-4-8-13-26)31(27)36(24)17-16-35-18-20-40-21-19-35/h3-15,28H,16-23H2,1-2H3,(H,34,37). The molecule has 0 saturated carbocycles. The van der Waals surface area contributed by atoms with E-state index in [1.807, 2.05) is 85.8 Å². The highest BCUT2D eigenvalue weighted by atomic mass is 16.5. The first-order chi connectivity index (χ1) is 20.0. The molecule has 1 aliphatic heterocycles. The van der Waals surface area contributed by atoms with Crippen LogP contribution in [-0.4, -0.2) is 67.3 Å². The number of nitrogens with one attached hydrogen (secondary N) is 1. The van der Waals surface area contributed by atoms with Gasteiger partial charge in [-0.05, 0) is 24.1 Å². The summed E-state index contributed by atoms with van der Waals surface area (Å²) in [6.45, 7) is 7.08. The number of benzene rings is 3. The number of aromatic nitrogens is 1. The van der Waals surface area contributed by atoms with Crippen LogP contribution in [0.5, 0.6) is 5.75 Å². The lowest BCUT2D eigenvalue weighted by Crippen LogP contribution is -2.43. The number of esters is 1. The summed E-state index contributed by atoms with van der Waals surface area (Å²) in [5.41, 5.74) is 4.23. The van der Waals surface area contributed by atoms with E-state index in [0.29, 0.717) is 30.9 Å². The van der Waals surface area contributed by atoms with Crippen molar-refractivity contribution in [2.45, 2.75) is 32.5 Å². The van der Waals surface area contributed by atoms with Gasteiger partial charge in [-0.2, -0.15) is 0 Å². The molecular formula is C33H37N3O5. The molecule has 214 valence electrons. The Hall–Kier alpha value is -4.14. The molecule has 0 bridgehead atoms. The van der Waals surface area contributed by atoms with Crippen molar-refractivity contribution < 1.29 is 23.8 Å². The quantitative estimate of drug-likeness (QED) is 0.277. The van der Waals surface area contributed by atoms with E-state index in [-0.39, 0.29) is 5.91 Å². The number of hydrogen-bond donors (Lipinski definition) is 1. The van der Waals surface area contributed by atoms with E-state index >= 15 is 0 Å². The molecular weight excluding hydrogens is 518 g/mol. The van der Waals surface area contributed by atoms with Gasteiger partial charge in [0.15, 0.2) is 0 Å². The van der Waals surface area contributed by atoms with Gasteiger partial charge in [0, 0.05) is 43.7 Å². The minimum atomic E-state index is -0.821. The summed E-state index contributed by atoms with van der Waals surface area (Å²) in [6, 6.07) is 24.6. The molecule has 4 aromatic rings. The Morgan fingerprint density at radius 2 is 1.59 bits per heavy atom. The summed E-state index contributed by atoms with van der Waals surface area (Å²) in [5, 5.41) is 3.75. The fraction of sp³-hybridized carbons (Fsp3) is 0.333. The molecule has 1 aliphatic rings. The monoisotopic (exact) mass is 555 g/mol. The Labute approximate surface area is 240 Å². The normalized spacial score (nSPS) is 14.5. The van der Waals surface area contributed by atoms with Crippen molar-refractivity contribution in [1.82, 2.24) is 14.8 Å². The van der Waals surface area contributed by atoms with Gasteiger partial charge in [0.1, 0.15) is 18.4 Å². The number of fused-ring (bicyclic) bond motifs is 1. The highest BCUT2D eigenvalue weighted by Gasteiger charge is 2.28. The van der Waals surface area contributed by atoms with Gasteiger partial charge in [0.2, 0.25) is 0 Å². The van der Waals surface area contributed by atoms with Crippen LogP contribution in [0.15, 0.2) is 78.9 Å². The number of hydrogen-bond acceptors (Lipinski definition) is 6. The van der Waals surface area contributed by atoms with Crippen LogP contribution >= 0.6 is 0 Å². The fourth-order valence-corrected chi connectivity index (χ4v) is 5.40. The van der Waals surface area contributed by atoms with Crippen molar-refractivity contribution in [1.29, 1.82) is 0 Å². The first-order valence-corrected chi connectivity index (χ1v) is 14.1. The maximum absolute atomic E-state index is 13.9. The van der Waals surface area contributed by atoms with Crippen LogP contribution < -0.4 is 10.1 Å². The number of para-hydroxylation sites is 1. The molecule has 0 spiro atoms. The molecule has 1 unspecified atom stereocenters. The van der Waals surface area contributed by atoms with Crippen LogP contribution in [0.25, 0.3) is 10.9 Å². The van der Waals surface area contributed by atoms with Crippen LogP contribution in [-0.2, 0) is 33.8 Å². The number of carbonyl (C=O) groups is 2. The molecule has 8 heteroatoms. The third kappa shape index (κ3) is 6.78. The summed E-state index contributed by atoms with van der Waals surface area (Å²) >= 11 is 0. The first kappa shape index (κ1) is 28.4. The highest BCUT2D eigenvalue weighted by molar-refractivity contribution is 6.10. The van der Waals surface area contributed by atoms with Gasteiger partial charge in [-0.25, -0.2) is 4.79 Å². The third-order valence-corrected chi connectivity index (χ3v) is 7.59. The Morgan fingerprint density at radius 1 is 0.902 bits per heavy atom. The summed E-state index contributed by atoms with van der Waals surface area (Å²) in [4.78, 5) is 29.0. The van der Waals surface area contributed by atoms with Crippen LogP contribution in [0.4, 0.5) is 0 Å². The lowest BCUT2D eigenvalue weighted by atomic mass is 10.0. The highest BCUT2D eigenvalue weighted by Crippen LogP contribution is 2.34. The van der Waals surface area contributed by atoms with Gasteiger partial charge in [0.25, 0.3) is 5.91 Å². The van der Waals surface area contributed by atoms with E-state index in [1.54, 1.807) is 0 Å². The predicted molar refractivity (Wildman–Crippen MR) is 158 cm³/mol. The van der Waals surface area contributed by atoms with E-state index in [9.17, 15) is 9.59 Å². The number of morpholine rings is 1. The Balaban J connectivity index is 1.48. The van der Waals surface area contributed by atoms with Crippen LogP contribution in [0, 0.1) is 6.92 Å². The van der Waals surface area contributed by atoms with E-state index in [4.69, 9.17) is 14.2 Å². The maximum atomic E-state index is 13.9. The molecule has 0 aliphatic carbocycles. The number of rotatable bonds is 11. The Bertz CT molecular complexity index is 1460. The van der Waals surface area contributed by atoms with Gasteiger partial charge in [-0.15, -0.1) is 0 Å². The first-order valence-electron chi connectivity index (χ1n) is 14.1. The number of nitrogens with zero attached hydrogens (tertiary/aromatic N) is 2. The molecule has 3 aromatic carbocycles. The molecule has 41 heavy (non-hydrogen) atoms. The van der Waals surface area contributed by atoms with Gasteiger partial charge in [-0.1, -0.05) is 72.8 Å². The summed E-state index contributed by atoms with van der Waals surface area (Å²) < 4.78 is 19.1. The SMILES string of the molecule is COC(=O)C(Cc1ccccc1)NC(=O)c1c(C)n(CCN2CCOCC2)c2c(OCc3ccccc3)cccc12. The summed E-state index contributed by atoms with van der Waals surface area (Å²) in [7, 11) is 1.34. The lowest BCUT2D eigenvalue weighted by Gasteiger charge is -2.27. The largest absolute Gasteiger partial charge is 0.487 e. The van der Waals surface area contributed by atoms with Gasteiger partial charge in [-0.3, -0.25) is 9.69 Å². The van der Waals surface area contributed by atoms with Gasteiger partial charge < -0.3 is 24.1 Å². The minimum absolute atomic E-state index is 0.316. The third-order valence-electron chi connectivity index (χ3n) is 7.59. The maximum Gasteiger partial charge on any atom is 0.328 e. The second kappa shape index (κ2) is 13.5. The van der Waals surface area contributed by atoms with Crippen LogP contribution in [0.3, 0.4) is 0 Å². The number of carbonyl (C=O) groups excluding carboxylic acids is 2. The molecule has 1 amide bonds. The van der Waals surface area contributed by atoms with Gasteiger partial charge in [0.05, 0.1) is 31.4 Å². The fourth-order valence-electron chi connectivity index (χ4n) is 5.40. The lowest BCUT2D eigenvalue weighted by molar-refractivity contribution is -0.142. The number of methoxy groups -OCH3 is 1. The topological polar surface area (TPSA) is 82.0 Å². The van der Waals surface area contributed by atoms with Crippen molar-refractivity contribution in [2.24, 2.45) is 0 Å². The van der Waals surface area contributed by atoms with Crippen molar-refractivity contribution in [3.63, 3.8) is 0 Å². The minimum Gasteiger partial charge on any atom is -0.487 e. The van der Waals surface area contributed by atoms with Crippen molar-refractivity contribution in [2.75, 3.05) is 40.0 Å². The molecule has 1 aromatic heterocycles. The van der Waals surface area contributed by atoms with E-state index in [1.165, 1.54) is 7.11 Å². The average Bonchev–Trinajstić information content (AvgIpc) is 3.31. The second-order valence-electron chi connectivity index (χ2n) is 10.2. The Morgan fingerprint density at radius 3 is 2.27 bits per heavy atom. The zero-order chi connectivity index (χ0) is 28.6. The van der Waals surface area contributed by atoms with Crippen molar-refractivity contribution in [3.05, 3.63) is 101 Å². The molecule has 8 nitrogen and oxygen atoms in total. The molecule has 0 radical (unpaired) electrons. The van der Waals surface area contributed by atoms with Crippen molar-refractivity contribution >= 4 is 22.8 Å². The molecule has 2 heterocycles. The van der Waals surface area contributed by atoms with Crippen molar-refractivity contribution in [3.8, 4) is 5.75 Å². The van der Waals surface area contributed by atoms with E-state index in [0.717, 1.165) is 60.6 Å². The number of amides is 1. The molecule has 1 fully saturated rings. The second-order valence-corrected chi connectivity index (χ2v) is 10.2. The van der Waals surface area contributed by atoms with Crippen LogP contribution in [0.2, 0.25) is 0 Å². The smallest absolute Gasteiger partial charge is 0.328 e. The zero-order valence-electron chi connectivity index (χ0n) is 23.7. The molecule has 1 saturated heterocycles. The van der Waals surface area contributed by atoms with E-state index in [2.05, 4.69) is 14.8 Å². The van der Waals surface area contributed by atoms with Gasteiger partial charge >= 0.3 is 5.97 Å². The summed E-state index contributed by atoms with van der Waals surface area (Å²) in [6.07, 6.45) is 0.333. The van der Waals surface area contributed by atoms with Crippen LogP contribution in [0.1, 0.15) is 27.2 Å².